The van der Waals surface area contributed by atoms with E-state index in [-0.39, 0.29) is 12.5 Å². The van der Waals surface area contributed by atoms with Crippen LogP contribution in [0.25, 0.3) is 0 Å². The Morgan fingerprint density at radius 3 is 2.70 bits per heavy atom. The number of anilines is 1. The summed E-state index contributed by atoms with van der Waals surface area (Å²) in [5.74, 6) is 1.35. The molecule has 1 aliphatic rings. The second-order valence-electron chi connectivity index (χ2n) is 6.91. The number of ether oxygens (including phenoxy) is 1. The number of nitrogens with one attached hydrogen (secondary N) is 1. The van der Waals surface area contributed by atoms with E-state index in [9.17, 15) is 9.90 Å². The van der Waals surface area contributed by atoms with Gasteiger partial charge in [0, 0.05) is 25.6 Å². The molecule has 0 aromatic heterocycles. The molecule has 0 saturated carbocycles. The second-order valence-corrected chi connectivity index (χ2v) is 6.91. The number of likely N-dealkylation sites (tertiary alicyclic amines) is 1. The summed E-state index contributed by atoms with van der Waals surface area (Å²) in [6.07, 6.45) is 4.70. The molecule has 5 nitrogen and oxygen atoms in total. The second kappa shape index (κ2) is 10.1. The summed E-state index contributed by atoms with van der Waals surface area (Å²) >= 11 is 0. The standard InChI is InChI=1S/C22H28N2O3/c25-17-14-18-8-6-7-15-24(18)16-13-22(26)23-20-11-4-5-12-21(20)27-19-9-2-1-3-10-19/h1-5,9-12,18,25H,6-8,13-17H2,(H,23,26). The molecule has 0 radical (unpaired) electrons. The van der Waals surface area contributed by atoms with Gasteiger partial charge >= 0.3 is 0 Å². The van der Waals surface area contributed by atoms with Crippen LogP contribution in [0.3, 0.4) is 0 Å². The first kappa shape index (κ1) is 19.4. The molecule has 3 rings (SSSR count). The number of para-hydroxylation sites is 3. The molecule has 27 heavy (non-hydrogen) atoms. The topological polar surface area (TPSA) is 61.8 Å². The van der Waals surface area contributed by atoms with E-state index in [1.807, 2.05) is 54.6 Å². The minimum absolute atomic E-state index is 0.0209. The van der Waals surface area contributed by atoms with Crippen LogP contribution < -0.4 is 10.1 Å². The number of carbonyl (C=O) groups is 1. The van der Waals surface area contributed by atoms with Crippen molar-refractivity contribution in [1.29, 1.82) is 0 Å². The number of piperidine rings is 1. The first-order valence-electron chi connectivity index (χ1n) is 9.73. The van der Waals surface area contributed by atoms with Crippen molar-refractivity contribution >= 4 is 11.6 Å². The van der Waals surface area contributed by atoms with Gasteiger partial charge in [-0.3, -0.25) is 9.69 Å². The van der Waals surface area contributed by atoms with E-state index in [4.69, 9.17) is 4.74 Å². The van der Waals surface area contributed by atoms with Gasteiger partial charge in [-0.1, -0.05) is 36.8 Å². The van der Waals surface area contributed by atoms with Crippen molar-refractivity contribution in [3.63, 3.8) is 0 Å². The minimum Gasteiger partial charge on any atom is -0.455 e. The van der Waals surface area contributed by atoms with Gasteiger partial charge in [0.2, 0.25) is 5.91 Å². The number of carbonyl (C=O) groups excluding carboxylic acids is 1. The number of aliphatic hydroxyl groups excluding tert-OH is 1. The van der Waals surface area contributed by atoms with Crippen LogP contribution in [0.2, 0.25) is 0 Å². The maximum atomic E-state index is 12.5. The van der Waals surface area contributed by atoms with Gasteiger partial charge < -0.3 is 15.2 Å². The number of benzene rings is 2. The third-order valence-corrected chi connectivity index (χ3v) is 4.97. The van der Waals surface area contributed by atoms with E-state index >= 15 is 0 Å². The van der Waals surface area contributed by atoms with Gasteiger partial charge in [-0.05, 0) is 50.1 Å². The van der Waals surface area contributed by atoms with Gasteiger partial charge in [0.05, 0.1) is 5.69 Å². The first-order valence-corrected chi connectivity index (χ1v) is 9.73. The van der Waals surface area contributed by atoms with Crippen molar-refractivity contribution in [2.24, 2.45) is 0 Å². The summed E-state index contributed by atoms with van der Waals surface area (Å²) in [7, 11) is 0. The lowest BCUT2D eigenvalue weighted by molar-refractivity contribution is -0.116. The Morgan fingerprint density at radius 2 is 1.89 bits per heavy atom. The molecule has 1 amide bonds. The molecular weight excluding hydrogens is 340 g/mol. The fourth-order valence-corrected chi connectivity index (χ4v) is 3.56. The van der Waals surface area contributed by atoms with Crippen LogP contribution in [0.15, 0.2) is 54.6 Å². The smallest absolute Gasteiger partial charge is 0.225 e. The van der Waals surface area contributed by atoms with Crippen molar-refractivity contribution in [1.82, 2.24) is 4.90 Å². The molecule has 144 valence electrons. The first-order chi connectivity index (χ1) is 13.3. The number of aliphatic hydroxyl groups is 1. The normalized spacial score (nSPS) is 17.4. The Labute approximate surface area is 161 Å². The number of hydrogen-bond acceptors (Lipinski definition) is 4. The van der Waals surface area contributed by atoms with Gasteiger partial charge in [-0.2, -0.15) is 0 Å². The molecule has 5 heteroatoms. The van der Waals surface area contributed by atoms with Gasteiger partial charge in [0.15, 0.2) is 5.75 Å². The number of nitrogens with zero attached hydrogens (tertiary/aromatic N) is 1. The molecule has 1 fully saturated rings. The molecule has 1 unspecified atom stereocenters. The summed E-state index contributed by atoms with van der Waals surface area (Å²) < 4.78 is 5.90. The summed E-state index contributed by atoms with van der Waals surface area (Å²) in [6.45, 7) is 1.93. The molecule has 0 spiro atoms. The highest BCUT2D eigenvalue weighted by Gasteiger charge is 2.22. The van der Waals surface area contributed by atoms with Gasteiger partial charge in [0.25, 0.3) is 0 Å². The molecule has 2 N–H and O–H groups in total. The van der Waals surface area contributed by atoms with E-state index < -0.39 is 0 Å². The highest BCUT2D eigenvalue weighted by atomic mass is 16.5. The molecule has 0 aliphatic carbocycles. The molecule has 1 saturated heterocycles. The SMILES string of the molecule is O=C(CCN1CCCCC1CCO)Nc1ccccc1Oc1ccccc1. The largest absolute Gasteiger partial charge is 0.455 e. The molecule has 2 aromatic rings. The zero-order chi connectivity index (χ0) is 18.9. The predicted octanol–water partition coefficient (Wildman–Crippen LogP) is 4.04. The predicted molar refractivity (Wildman–Crippen MR) is 107 cm³/mol. The molecule has 1 atom stereocenters. The number of amides is 1. The van der Waals surface area contributed by atoms with Crippen molar-refractivity contribution in [3.8, 4) is 11.5 Å². The Kier molecular flexibility index (Phi) is 7.25. The van der Waals surface area contributed by atoms with E-state index in [2.05, 4.69) is 10.2 Å². The number of rotatable bonds is 8. The molecule has 1 heterocycles. The summed E-state index contributed by atoms with van der Waals surface area (Å²) in [5, 5.41) is 12.2. The van der Waals surface area contributed by atoms with Crippen LogP contribution in [0, 0.1) is 0 Å². The number of hydrogen-bond donors (Lipinski definition) is 2. The maximum Gasteiger partial charge on any atom is 0.225 e. The third kappa shape index (κ3) is 5.81. The summed E-state index contributed by atoms with van der Waals surface area (Å²) in [4.78, 5) is 14.8. The third-order valence-electron chi connectivity index (χ3n) is 4.97. The van der Waals surface area contributed by atoms with E-state index in [1.165, 1.54) is 6.42 Å². The lowest BCUT2D eigenvalue weighted by atomic mass is 9.99. The molecule has 1 aliphatic heterocycles. The van der Waals surface area contributed by atoms with E-state index in [1.54, 1.807) is 0 Å². The average molecular weight is 368 g/mol. The molecule has 0 bridgehead atoms. The lowest BCUT2D eigenvalue weighted by Crippen LogP contribution is -2.41. The van der Waals surface area contributed by atoms with Crippen LogP contribution in [-0.2, 0) is 4.79 Å². The van der Waals surface area contributed by atoms with Crippen LogP contribution in [0.1, 0.15) is 32.1 Å². The Morgan fingerprint density at radius 1 is 1.11 bits per heavy atom. The Hall–Kier alpha value is -2.37. The quantitative estimate of drug-likeness (QED) is 0.738. The average Bonchev–Trinajstić information content (AvgIpc) is 2.70. The van der Waals surface area contributed by atoms with E-state index in [0.717, 1.165) is 38.1 Å². The van der Waals surface area contributed by atoms with Crippen LogP contribution >= 0.6 is 0 Å². The van der Waals surface area contributed by atoms with Crippen LogP contribution in [0.4, 0.5) is 5.69 Å². The van der Waals surface area contributed by atoms with Crippen LogP contribution in [0.5, 0.6) is 11.5 Å². The van der Waals surface area contributed by atoms with E-state index in [0.29, 0.717) is 23.9 Å². The van der Waals surface area contributed by atoms with Crippen molar-refractivity contribution in [2.45, 2.75) is 38.1 Å². The molecular formula is C22H28N2O3. The van der Waals surface area contributed by atoms with Crippen LogP contribution in [-0.4, -0.2) is 41.7 Å². The van der Waals surface area contributed by atoms with Gasteiger partial charge in [-0.15, -0.1) is 0 Å². The highest BCUT2D eigenvalue weighted by molar-refractivity contribution is 5.92. The monoisotopic (exact) mass is 368 g/mol. The van der Waals surface area contributed by atoms with Gasteiger partial charge in [-0.25, -0.2) is 0 Å². The summed E-state index contributed by atoms with van der Waals surface area (Å²) in [6, 6.07) is 17.4. The van der Waals surface area contributed by atoms with Crippen molar-refractivity contribution < 1.29 is 14.6 Å². The molecule has 2 aromatic carbocycles. The lowest BCUT2D eigenvalue weighted by Gasteiger charge is -2.35. The van der Waals surface area contributed by atoms with Gasteiger partial charge in [0.1, 0.15) is 5.75 Å². The Bertz CT molecular complexity index is 719. The van der Waals surface area contributed by atoms with Crippen molar-refractivity contribution in [3.05, 3.63) is 54.6 Å². The maximum absolute atomic E-state index is 12.5. The minimum atomic E-state index is -0.0209. The van der Waals surface area contributed by atoms with Crippen molar-refractivity contribution in [2.75, 3.05) is 25.0 Å². The fourth-order valence-electron chi connectivity index (χ4n) is 3.56. The Balaban J connectivity index is 1.56. The fraction of sp³-hybridized carbons (Fsp3) is 0.409. The summed E-state index contributed by atoms with van der Waals surface area (Å²) in [5.41, 5.74) is 0.678. The zero-order valence-corrected chi connectivity index (χ0v) is 15.6. The zero-order valence-electron chi connectivity index (χ0n) is 15.6. The highest BCUT2D eigenvalue weighted by Crippen LogP contribution is 2.29.